The molecule has 3 heterocycles. The van der Waals surface area contributed by atoms with Gasteiger partial charge in [-0.2, -0.15) is 5.26 Å². The first kappa shape index (κ1) is 23.1. The predicted octanol–water partition coefficient (Wildman–Crippen LogP) is 3.47. The van der Waals surface area contributed by atoms with Crippen LogP contribution in [0, 0.1) is 29.0 Å². The van der Waals surface area contributed by atoms with Crippen LogP contribution in [0.3, 0.4) is 0 Å². The zero-order valence-electron chi connectivity index (χ0n) is 18.0. The van der Waals surface area contributed by atoms with Gasteiger partial charge in [-0.05, 0) is 31.5 Å². The lowest BCUT2D eigenvalue weighted by atomic mass is 10.2. The van der Waals surface area contributed by atoms with Gasteiger partial charge in [-0.15, -0.1) is 5.10 Å². The van der Waals surface area contributed by atoms with Crippen molar-refractivity contribution >= 4 is 35.1 Å². The van der Waals surface area contributed by atoms with Gasteiger partial charge in [0.25, 0.3) is 0 Å². The number of nitrogens with one attached hydrogen (secondary N) is 2. The summed E-state index contributed by atoms with van der Waals surface area (Å²) < 4.78 is 20.1. The summed E-state index contributed by atoms with van der Waals surface area (Å²) >= 11 is 5.96. The fourth-order valence-electron chi connectivity index (χ4n) is 3.21. The third-order valence-electron chi connectivity index (χ3n) is 5.17. The van der Waals surface area contributed by atoms with E-state index in [2.05, 4.69) is 37.0 Å². The molecule has 3 aromatic rings. The number of carbonyl (C=O) groups is 2. The summed E-state index contributed by atoms with van der Waals surface area (Å²) in [4.78, 5) is 32.5. The molecule has 0 saturated heterocycles. The molecule has 1 saturated carbocycles. The van der Waals surface area contributed by atoms with Crippen LogP contribution in [0.25, 0.3) is 11.4 Å². The number of aryl methyl sites for hydroxylation is 1. The number of nitriles is 1. The second kappa shape index (κ2) is 9.40. The van der Waals surface area contributed by atoms with Crippen LogP contribution in [-0.2, 0) is 16.6 Å². The van der Waals surface area contributed by atoms with Crippen LogP contribution in [0.4, 0.5) is 20.7 Å². The molecule has 0 radical (unpaired) electrons. The second-order valence-electron chi connectivity index (χ2n) is 7.62. The van der Waals surface area contributed by atoms with E-state index in [9.17, 15) is 14.0 Å². The van der Waals surface area contributed by atoms with Gasteiger partial charge in [0, 0.05) is 12.6 Å². The van der Waals surface area contributed by atoms with E-state index in [1.165, 1.54) is 17.8 Å². The number of rotatable bonds is 6. The predicted molar refractivity (Wildman–Crippen MR) is 118 cm³/mol. The molecule has 0 aliphatic heterocycles. The van der Waals surface area contributed by atoms with Crippen LogP contribution in [0.5, 0.6) is 0 Å². The van der Waals surface area contributed by atoms with Gasteiger partial charge in [-0.3, -0.25) is 15.1 Å². The van der Waals surface area contributed by atoms with Crippen LogP contribution >= 0.6 is 11.6 Å². The summed E-state index contributed by atoms with van der Waals surface area (Å²) in [7, 11) is 1.57. The molecule has 3 aromatic heterocycles. The number of nitrogens with zero attached hydrogens (tertiary/aromatic N) is 6. The number of pyridine rings is 2. The molecule has 1 aliphatic rings. The van der Waals surface area contributed by atoms with E-state index < -0.39 is 18.0 Å². The van der Waals surface area contributed by atoms with Crippen LogP contribution < -0.4 is 10.6 Å². The Morgan fingerprint density at radius 3 is 2.79 bits per heavy atom. The van der Waals surface area contributed by atoms with E-state index in [1.807, 2.05) is 0 Å². The third-order valence-corrected chi connectivity index (χ3v) is 5.48. The standard InChI is InChI=1S/C21H18ClFN8O3/c1-10(14-6-12(23)8-26-18(14)22)34-21(33)28-19-17(29-30-31(19)2)16-4-3-13(9-25-16)27-20(32)15-5-11(15)7-24/h3-4,6,8-11,15H,5H2,1-2H3,(H,27,32)(H,28,33)/t10-,11?,15-/m1/s1. The van der Waals surface area contributed by atoms with Crippen LogP contribution in [-0.4, -0.2) is 37.0 Å². The Hall–Kier alpha value is -4.11. The molecule has 174 valence electrons. The number of amides is 2. The SMILES string of the molecule is C[C@@H](OC(=O)Nc1c(-c2ccc(NC(=O)[C@@H]3CC3C#N)cn2)nnn1C)c1cc(F)cnc1Cl. The van der Waals surface area contributed by atoms with Crippen molar-refractivity contribution in [1.29, 1.82) is 5.26 Å². The molecular weight excluding hydrogens is 467 g/mol. The molecule has 0 aromatic carbocycles. The molecule has 13 heteroatoms. The fraction of sp³-hybridized carbons (Fsp3) is 0.286. The summed E-state index contributed by atoms with van der Waals surface area (Å²) in [6.07, 6.45) is 1.23. The van der Waals surface area contributed by atoms with Gasteiger partial charge in [0.1, 0.15) is 17.1 Å². The summed E-state index contributed by atoms with van der Waals surface area (Å²) in [6, 6.07) is 6.44. The lowest BCUT2D eigenvalue weighted by molar-refractivity contribution is -0.117. The average Bonchev–Trinajstić information content (AvgIpc) is 3.53. The average molecular weight is 485 g/mol. The Kier molecular flexibility index (Phi) is 6.38. The van der Waals surface area contributed by atoms with Crippen LogP contribution in [0.15, 0.2) is 30.6 Å². The van der Waals surface area contributed by atoms with Crippen molar-refractivity contribution in [2.75, 3.05) is 10.6 Å². The molecule has 0 spiro atoms. The number of ether oxygens (including phenoxy) is 1. The molecule has 11 nitrogen and oxygen atoms in total. The zero-order valence-corrected chi connectivity index (χ0v) is 18.7. The first-order valence-corrected chi connectivity index (χ1v) is 10.5. The number of hydrogen-bond donors (Lipinski definition) is 2. The van der Waals surface area contributed by atoms with Gasteiger partial charge in [0.15, 0.2) is 11.5 Å². The summed E-state index contributed by atoms with van der Waals surface area (Å²) in [5, 5.41) is 22.1. The summed E-state index contributed by atoms with van der Waals surface area (Å²) in [5.74, 6) is -1.17. The molecule has 2 N–H and O–H groups in total. The van der Waals surface area contributed by atoms with Crippen molar-refractivity contribution < 1.29 is 18.7 Å². The van der Waals surface area contributed by atoms with Crippen molar-refractivity contribution in [3.05, 3.63) is 47.1 Å². The Labute approximate surface area is 197 Å². The quantitative estimate of drug-likeness (QED) is 0.505. The minimum atomic E-state index is -0.881. The second-order valence-corrected chi connectivity index (χ2v) is 7.97. The molecule has 34 heavy (non-hydrogen) atoms. The Bertz CT molecular complexity index is 1290. The van der Waals surface area contributed by atoms with Crippen molar-refractivity contribution in [2.24, 2.45) is 18.9 Å². The van der Waals surface area contributed by atoms with E-state index in [1.54, 1.807) is 19.2 Å². The third kappa shape index (κ3) is 4.94. The first-order valence-electron chi connectivity index (χ1n) is 10.1. The minimum absolute atomic E-state index is 0.0193. The number of carbonyl (C=O) groups excluding carboxylic acids is 2. The highest BCUT2D eigenvalue weighted by atomic mass is 35.5. The Balaban J connectivity index is 1.44. The number of hydrogen-bond acceptors (Lipinski definition) is 8. The van der Waals surface area contributed by atoms with Gasteiger partial charge in [0.2, 0.25) is 5.91 Å². The van der Waals surface area contributed by atoms with E-state index in [4.69, 9.17) is 21.6 Å². The summed E-state index contributed by atoms with van der Waals surface area (Å²) in [5.41, 5.74) is 1.33. The lowest BCUT2D eigenvalue weighted by Crippen LogP contribution is -2.19. The monoisotopic (exact) mass is 484 g/mol. The lowest BCUT2D eigenvalue weighted by Gasteiger charge is -2.15. The highest BCUT2D eigenvalue weighted by Gasteiger charge is 2.43. The molecule has 2 amide bonds. The van der Waals surface area contributed by atoms with Crippen LogP contribution in [0.2, 0.25) is 5.15 Å². The van der Waals surface area contributed by atoms with Crippen molar-refractivity contribution in [3.8, 4) is 17.5 Å². The largest absolute Gasteiger partial charge is 0.441 e. The van der Waals surface area contributed by atoms with E-state index >= 15 is 0 Å². The molecule has 3 atom stereocenters. The smallest absolute Gasteiger partial charge is 0.413 e. The van der Waals surface area contributed by atoms with E-state index in [0.29, 0.717) is 17.8 Å². The minimum Gasteiger partial charge on any atom is -0.441 e. The highest BCUT2D eigenvalue weighted by molar-refractivity contribution is 6.30. The molecule has 1 unspecified atom stereocenters. The topological polar surface area (TPSA) is 148 Å². The van der Waals surface area contributed by atoms with Crippen molar-refractivity contribution in [3.63, 3.8) is 0 Å². The highest BCUT2D eigenvalue weighted by Crippen LogP contribution is 2.38. The maximum Gasteiger partial charge on any atom is 0.413 e. The number of anilines is 2. The Morgan fingerprint density at radius 2 is 2.12 bits per heavy atom. The molecular formula is C21H18ClFN8O3. The normalized spacial score (nSPS) is 17.4. The number of halogens is 2. The summed E-state index contributed by atoms with van der Waals surface area (Å²) in [6.45, 7) is 1.53. The van der Waals surface area contributed by atoms with E-state index in [-0.39, 0.29) is 40.0 Å². The van der Waals surface area contributed by atoms with Gasteiger partial charge < -0.3 is 10.1 Å². The molecule has 4 rings (SSSR count). The Morgan fingerprint density at radius 1 is 1.32 bits per heavy atom. The van der Waals surface area contributed by atoms with E-state index in [0.717, 1.165) is 12.3 Å². The van der Waals surface area contributed by atoms with Gasteiger partial charge in [-0.1, -0.05) is 16.8 Å². The maximum atomic E-state index is 13.5. The van der Waals surface area contributed by atoms with Gasteiger partial charge in [0.05, 0.1) is 41.7 Å². The maximum absolute atomic E-state index is 13.5. The van der Waals surface area contributed by atoms with Gasteiger partial charge in [-0.25, -0.2) is 18.9 Å². The molecule has 1 fully saturated rings. The first-order chi connectivity index (χ1) is 16.3. The fourth-order valence-corrected chi connectivity index (χ4v) is 3.47. The van der Waals surface area contributed by atoms with Crippen LogP contribution in [0.1, 0.15) is 25.0 Å². The van der Waals surface area contributed by atoms with Gasteiger partial charge >= 0.3 is 6.09 Å². The zero-order chi connectivity index (χ0) is 24.4. The molecule has 1 aliphatic carbocycles. The van der Waals surface area contributed by atoms with Crippen molar-refractivity contribution in [2.45, 2.75) is 19.4 Å². The number of aromatic nitrogens is 5. The molecule has 0 bridgehead atoms. The van der Waals surface area contributed by atoms with Crippen molar-refractivity contribution in [1.82, 2.24) is 25.0 Å².